The van der Waals surface area contributed by atoms with E-state index in [1.165, 1.54) is 13.2 Å². The first-order valence-corrected chi connectivity index (χ1v) is 9.65. The van der Waals surface area contributed by atoms with Gasteiger partial charge in [0.2, 0.25) is 0 Å². The van der Waals surface area contributed by atoms with E-state index in [2.05, 4.69) is 34.2 Å². The lowest BCUT2D eigenvalue weighted by molar-refractivity contribution is -0.106. The smallest absolute Gasteiger partial charge is 0.387 e. The number of rotatable bonds is 7. The minimum Gasteiger partial charge on any atom is -0.497 e. The van der Waals surface area contributed by atoms with Crippen molar-refractivity contribution in [3.8, 4) is 11.5 Å². The molecule has 156 valence electrons. The lowest BCUT2D eigenvalue weighted by Gasteiger charge is -2.54. The summed E-state index contributed by atoms with van der Waals surface area (Å²) in [5.41, 5.74) is 0.545. The van der Waals surface area contributed by atoms with Crippen molar-refractivity contribution in [2.24, 2.45) is 16.3 Å². The number of nitrogens with one attached hydrogen (secondary N) is 2. The van der Waals surface area contributed by atoms with Gasteiger partial charge < -0.3 is 24.8 Å². The molecule has 0 bridgehead atoms. The third-order valence-corrected chi connectivity index (χ3v) is 5.63. The largest absolute Gasteiger partial charge is 0.497 e. The van der Waals surface area contributed by atoms with Gasteiger partial charge in [-0.15, -0.1) is 0 Å². The number of methoxy groups -OCH3 is 1. The molecule has 1 aromatic rings. The predicted octanol–water partition coefficient (Wildman–Crippen LogP) is 3.17. The number of nitrogens with zero attached hydrogens (tertiary/aromatic N) is 1. The van der Waals surface area contributed by atoms with Gasteiger partial charge in [0, 0.05) is 36.1 Å². The van der Waals surface area contributed by atoms with Crippen molar-refractivity contribution < 1.29 is 23.0 Å². The Labute approximate surface area is 164 Å². The van der Waals surface area contributed by atoms with Crippen LogP contribution in [0, 0.1) is 11.3 Å². The Hall–Kier alpha value is -2.09. The van der Waals surface area contributed by atoms with Crippen LogP contribution in [0.1, 0.15) is 32.8 Å². The maximum atomic E-state index is 12.7. The first kappa shape index (κ1) is 20.6. The molecule has 3 unspecified atom stereocenters. The highest BCUT2D eigenvalue weighted by atomic mass is 19.3. The van der Waals surface area contributed by atoms with Crippen LogP contribution in [0.2, 0.25) is 0 Å². The SMILES string of the molecule is CCNC(=NCc1cc(OC)ccc1OC(F)F)NC1C2CCOC2C1(C)C. The maximum absolute atomic E-state index is 12.7. The highest BCUT2D eigenvalue weighted by Crippen LogP contribution is 2.52. The Morgan fingerprint density at radius 2 is 2.18 bits per heavy atom. The topological polar surface area (TPSA) is 64.1 Å². The number of alkyl halides is 2. The lowest BCUT2D eigenvalue weighted by atomic mass is 9.57. The summed E-state index contributed by atoms with van der Waals surface area (Å²) in [6, 6.07) is 4.98. The van der Waals surface area contributed by atoms with Gasteiger partial charge in [-0.3, -0.25) is 0 Å². The summed E-state index contributed by atoms with van der Waals surface area (Å²) in [6.07, 6.45) is 1.31. The van der Waals surface area contributed by atoms with E-state index in [-0.39, 0.29) is 29.9 Å². The normalized spacial score (nSPS) is 25.8. The molecule has 2 aliphatic rings. The van der Waals surface area contributed by atoms with E-state index in [1.807, 2.05) is 6.92 Å². The Morgan fingerprint density at radius 3 is 2.86 bits per heavy atom. The maximum Gasteiger partial charge on any atom is 0.387 e. The summed E-state index contributed by atoms with van der Waals surface area (Å²) in [5, 5.41) is 6.75. The molecule has 6 nitrogen and oxygen atoms in total. The number of guanidine groups is 1. The molecule has 1 saturated heterocycles. The summed E-state index contributed by atoms with van der Waals surface area (Å²) in [4.78, 5) is 4.60. The van der Waals surface area contributed by atoms with Crippen LogP contribution in [0.5, 0.6) is 11.5 Å². The molecule has 2 N–H and O–H groups in total. The summed E-state index contributed by atoms with van der Waals surface area (Å²) in [7, 11) is 1.53. The van der Waals surface area contributed by atoms with Gasteiger partial charge in [0.1, 0.15) is 11.5 Å². The second-order valence-corrected chi connectivity index (χ2v) is 7.73. The van der Waals surface area contributed by atoms with Gasteiger partial charge in [0.25, 0.3) is 0 Å². The van der Waals surface area contributed by atoms with Crippen LogP contribution in [0.25, 0.3) is 0 Å². The fourth-order valence-corrected chi connectivity index (χ4v) is 4.27. The summed E-state index contributed by atoms with van der Waals surface area (Å²) in [6.45, 7) is 5.16. The molecule has 1 aromatic carbocycles. The first-order chi connectivity index (χ1) is 13.4. The number of ether oxygens (including phenoxy) is 3. The van der Waals surface area contributed by atoms with Crippen molar-refractivity contribution in [2.75, 3.05) is 20.3 Å². The number of fused-ring (bicyclic) bond motifs is 1. The number of hydrogen-bond donors (Lipinski definition) is 2. The standard InChI is InChI=1S/C20H29F2N3O3/c1-5-23-19(25-16-14-8-9-27-17(14)20(16,2)3)24-11-12-10-13(26-4)6-7-15(12)28-18(21)22/h6-7,10,14,16-18H,5,8-9,11H2,1-4H3,(H2,23,24,25). The molecule has 0 spiro atoms. The Bertz CT molecular complexity index is 712. The van der Waals surface area contributed by atoms with E-state index in [9.17, 15) is 8.78 Å². The zero-order valence-corrected chi connectivity index (χ0v) is 16.8. The van der Waals surface area contributed by atoms with E-state index >= 15 is 0 Å². The molecule has 2 fully saturated rings. The Kier molecular flexibility index (Phi) is 6.27. The number of benzene rings is 1. The first-order valence-electron chi connectivity index (χ1n) is 9.65. The summed E-state index contributed by atoms with van der Waals surface area (Å²) < 4.78 is 41.1. The van der Waals surface area contributed by atoms with Gasteiger partial charge in [0.05, 0.1) is 19.8 Å². The van der Waals surface area contributed by atoms with Crippen LogP contribution in [-0.4, -0.2) is 45.0 Å². The molecule has 0 radical (unpaired) electrons. The second-order valence-electron chi connectivity index (χ2n) is 7.73. The quantitative estimate of drug-likeness (QED) is 0.547. The third-order valence-electron chi connectivity index (χ3n) is 5.63. The van der Waals surface area contributed by atoms with E-state index < -0.39 is 6.61 Å². The zero-order valence-electron chi connectivity index (χ0n) is 16.8. The molecule has 3 rings (SSSR count). The molecule has 1 aliphatic heterocycles. The minimum atomic E-state index is -2.89. The molecule has 28 heavy (non-hydrogen) atoms. The molecule has 1 heterocycles. The molecule has 0 amide bonds. The van der Waals surface area contributed by atoms with Gasteiger partial charge in [-0.1, -0.05) is 13.8 Å². The molecule has 0 aromatic heterocycles. The Morgan fingerprint density at radius 1 is 1.39 bits per heavy atom. The predicted molar refractivity (Wildman–Crippen MR) is 103 cm³/mol. The van der Waals surface area contributed by atoms with Crippen molar-refractivity contribution in [1.29, 1.82) is 0 Å². The van der Waals surface area contributed by atoms with Gasteiger partial charge in [-0.2, -0.15) is 8.78 Å². The van der Waals surface area contributed by atoms with E-state index in [0.29, 0.717) is 29.7 Å². The summed E-state index contributed by atoms with van der Waals surface area (Å²) >= 11 is 0. The van der Waals surface area contributed by atoms with Crippen LogP contribution < -0.4 is 20.1 Å². The van der Waals surface area contributed by atoms with Gasteiger partial charge in [0.15, 0.2) is 5.96 Å². The van der Waals surface area contributed by atoms with Crippen LogP contribution in [0.3, 0.4) is 0 Å². The molecular formula is C20H29F2N3O3. The number of halogens is 2. The molecular weight excluding hydrogens is 368 g/mol. The van der Waals surface area contributed by atoms with Crippen LogP contribution in [0.4, 0.5) is 8.78 Å². The van der Waals surface area contributed by atoms with E-state index in [4.69, 9.17) is 9.47 Å². The molecule has 8 heteroatoms. The van der Waals surface area contributed by atoms with E-state index in [1.54, 1.807) is 12.1 Å². The average Bonchev–Trinajstić information content (AvgIpc) is 3.11. The van der Waals surface area contributed by atoms with E-state index in [0.717, 1.165) is 13.0 Å². The molecule has 1 aliphatic carbocycles. The number of aliphatic imine (C=N–C) groups is 1. The fourth-order valence-electron chi connectivity index (χ4n) is 4.27. The summed E-state index contributed by atoms with van der Waals surface area (Å²) in [5.74, 6) is 1.78. The third kappa shape index (κ3) is 4.16. The van der Waals surface area contributed by atoms with Crippen molar-refractivity contribution in [3.63, 3.8) is 0 Å². The van der Waals surface area contributed by atoms with Crippen molar-refractivity contribution >= 4 is 5.96 Å². The lowest BCUT2D eigenvalue weighted by Crippen LogP contribution is -2.67. The van der Waals surface area contributed by atoms with Crippen molar-refractivity contribution in [3.05, 3.63) is 23.8 Å². The van der Waals surface area contributed by atoms with Gasteiger partial charge in [-0.05, 0) is 31.5 Å². The van der Waals surface area contributed by atoms with Crippen LogP contribution in [-0.2, 0) is 11.3 Å². The highest BCUT2D eigenvalue weighted by molar-refractivity contribution is 5.80. The second kappa shape index (κ2) is 8.51. The van der Waals surface area contributed by atoms with Gasteiger partial charge in [-0.25, -0.2) is 4.99 Å². The number of hydrogen-bond acceptors (Lipinski definition) is 4. The van der Waals surface area contributed by atoms with Crippen molar-refractivity contribution in [2.45, 2.75) is 52.5 Å². The highest BCUT2D eigenvalue weighted by Gasteiger charge is 2.59. The average molecular weight is 397 g/mol. The fraction of sp³-hybridized carbons (Fsp3) is 0.650. The van der Waals surface area contributed by atoms with Gasteiger partial charge >= 0.3 is 6.61 Å². The van der Waals surface area contributed by atoms with Crippen molar-refractivity contribution in [1.82, 2.24) is 10.6 Å². The minimum absolute atomic E-state index is 0.0112. The van der Waals surface area contributed by atoms with Crippen LogP contribution >= 0.6 is 0 Å². The molecule has 3 atom stereocenters. The Balaban J connectivity index is 1.76. The monoisotopic (exact) mass is 397 g/mol. The molecule has 1 saturated carbocycles. The van der Waals surface area contributed by atoms with Crippen LogP contribution in [0.15, 0.2) is 23.2 Å². The zero-order chi connectivity index (χ0) is 20.3.